The Morgan fingerprint density at radius 3 is 1.71 bits per heavy atom. The highest BCUT2D eigenvalue weighted by atomic mass is 79.9. The molecule has 0 aromatic heterocycles. The van der Waals surface area contributed by atoms with E-state index in [1.165, 1.54) is 24.3 Å². The van der Waals surface area contributed by atoms with E-state index in [9.17, 15) is 18.0 Å². The molecule has 4 aromatic carbocycles. The summed E-state index contributed by atoms with van der Waals surface area (Å²) in [6.45, 7) is 0. The van der Waals surface area contributed by atoms with Gasteiger partial charge in [0.15, 0.2) is 0 Å². The van der Waals surface area contributed by atoms with Gasteiger partial charge in [-0.05, 0) is 76.6 Å². The third kappa shape index (κ3) is 6.21. The second-order valence-electron chi connectivity index (χ2n) is 7.59. The van der Waals surface area contributed by atoms with Crippen LogP contribution in [0.25, 0.3) is 0 Å². The van der Waals surface area contributed by atoms with Crippen LogP contribution in [0.1, 0.15) is 10.4 Å². The van der Waals surface area contributed by atoms with E-state index in [0.717, 1.165) is 20.4 Å². The third-order valence-electron chi connectivity index (χ3n) is 5.45. The summed E-state index contributed by atoms with van der Waals surface area (Å²) in [6, 6.07) is 32.8. The van der Waals surface area contributed by atoms with Gasteiger partial charge in [-0.15, -0.1) is 13.2 Å². The molecule has 2 nitrogen and oxygen atoms in total. The molecule has 0 atom stereocenters. The van der Waals surface area contributed by atoms with E-state index in [0.29, 0.717) is 5.56 Å². The summed E-state index contributed by atoms with van der Waals surface area (Å²) >= 11 is 3.70. The van der Waals surface area contributed by atoms with Gasteiger partial charge in [0.25, 0.3) is 0 Å². The lowest BCUT2D eigenvalue weighted by molar-refractivity contribution is -0.274. The van der Waals surface area contributed by atoms with Crippen LogP contribution in [-0.2, 0) is 0 Å². The van der Waals surface area contributed by atoms with Gasteiger partial charge in [0.05, 0.1) is 4.47 Å². The number of carbonyl (C=O) groups is 1. The van der Waals surface area contributed by atoms with Crippen LogP contribution in [0.5, 0.6) is 5.75 Å². The zero-order valence-electron chi connectivity index (χ0n) is 18.3. The summed E-state index contributed by atoms with van der Waals surface area (Å²) < 4.78 is 42.5. The maximum absolute atomic E-state index is 13.6. The number of ether oxygens (including phenoxy) is 1. The first-order valence-electron chi connectivity index (χ1n) is 10.4. The van der Waals surface area contributed by atoms with E-state index in [1.807, 2.05) is 84.9 Å². The Kier molecular flexibility index (Phi) is 8.92. The first-order valence-corrected chi connectivity index (χ1v) is 13.2. The van der Waals surface area contributed by atoms with Gasteiger partial charge in [-0.25, -0.2) is 0 Å². The fourth-order valence-electron chi connectivity index (χ4n) is 3.97. The number of alkyl halides is 3. The largest absolute Gasteiger partial charge is 1.00 e. The van der Waals surface area contributed by atoms with Crippen molar-refractivity contribution in [3.8, 4) is 5.75 Å². The summed E-state index contributed by atoms with van der Waals surface area (Å²) in [7, 11) is -2.47. The van der Waals surface area contributed by atoms with Crippen LogP contribution in [0.15, 0.2) is 114 Å². The molecule has 0 amide bonds. The summed E-state index contributed by atoms with van der Waals surface area (Å²) in [6.07, 6.45) is -4.60. The number of benzene rings is 4. The third-order valence-corrected chi connectivity index (χ3v) is 10.8. The Bertz CT molecular complexity index is 1230. The SMILES string of the molecule is O=C(C[P+](c1ccccc1)(c1ccccc1)c1ccccc1Br)c1ccc(OC(F)(F)F)cc1.[Br-]. The highest BCUT2D eigenvalue weighted by Gasteiger charge is 2.48. The lowest BCUT2D eigenvalue weighted by atomic mass is 10.1. The molecule has 0 fully saturated rings. The van der Waals surface area contributed by atoms with Crippen LogP contribution < -0.4 is 37.6 Å². The molecule has 0 aliphatic rings. The van der Waals surface area contributed by atoms with Crippen molar-refractivity contribution in [2.75, 3.05) is 6.16 Å². The van der Waals surface area contributed by atoms with Crippen LogP contribution >= 0.6 is 23.2 Å². The molecule has 35 heavy (non-hydrogen) atoms. The Labute approximate surface area is 221 Å². The van der Waals surface area contributed by atoms with E-state index < -0.39 is 13.6 Å². The van der Waals surface area contributed by atoms with Crippen molar-refractivity contribution in [2.24, 2.45) is 0 Å². The molecule has 0 bridgehead atoms. The predicted molar refractivity (Wildman–Crippen MR) is 135 cm³/mol. The first-order chi connectivity index (χ1) is 16.3. The second kappa shape index (κ2) is 11.5. The Hall–Kier alpha value is -2.47. The average molecular weight is 624 g/mol. The van der Waals surface area contributed by atoms with Crippen molar-refractivity contribution in [1.82, 2.24) is 0 Å². The number of carbonyl (C=O) groups excluding carboxylic acids is 1. The molecule has 0 radical (unpaired) electrons. The number of hydrogen-bond donors (Lipinski definition) is 0. The molecule has 0 unspecified atom stereocenters. The van der Waals surface area contributed by atoms with E-state index in [1.54, 1.807) is 0 Å². The molecule has 8 heteroatoms. The first kappa shape index (κ1) is 27.1. The highest BCUT2D eigenvalue weighted by molar-refractivity contribution is 9.10. The highest BCUT2D eigenvalue weighted by Crippen LogP contribution is 2.56. The second-order valence-corrected chi connectivity index (χ2v) is 11.9. The zero-order chi connectivity index (χ0) is 24.2. The van der Waals surface area contributed by atoms with Crippen LogP contribution in [0, 0.1) is 0 Å². The van der Waals surface area contributed by atoms with Gasteiger partial charge in [0, 0.05) is 5.56 Å². The molecule has 0 saturated carbocycles. The molecule has 0 spiro atoms. The molecule has 4 rings (SSSR count). The summed E-state index contributed by atoms with van der Waals surface area (Å²) in [5.41, 5.74) is 0.331. The molecular formula is C27H20Br2F3O2P. The Morgan fingerprint density at radius 1 is 0.743 bits per heavy atom. The van der Waals surface area contributed by atoms with Gasteiger partial charge < -0.3 is 21.7 Å². The topological polar surface area (TPSA) is 26.3 Å². The quantitative estimate of drug-likeness (QED) is 0.233. The van der Waals surface area contributed by atoms with Gasteiger partial charge in [-0.1, -0.05) is 48.5 Å². The van der Waals surface area contributed by atoms with Gasteiger partial charge in [0.2, 0.25) is 5.78 Å². The maximum Gasteiger partial charge on any atom is 0.573 e. The minimum atomic E-state index is -4.79. The minimum absolute atomic E-state index is 0. The van der Waals surface area contributed by atoms with E-state index in [2.05, 4.69) is 20.7 Å². The normalized spacial score (nSPS) is 11.4. The number of halogens is 5. The lowest BCUT2D eigenvalue weighted by Crippen LogP contribution is -3.00. The fourth-order valence-corrected chi connectivity index (χ4v) is 9.31. The van der Waals surface area contributed by atoms with Crippen molar-refractivity contribution in [3.63, 3.8) is 0 Å². The average Bonchev–Trinajstić information content (AvgIpc) is 2.83. The molecule has 0 heterocycles. The molecular weight excluding hydrogens is 604 g/mol. The Morgan fingerprint density at radius 2 is 1.23 bits per heavy atom. The number of rotatable bonds is 7. The van der Waals surface area contributed by atoms with Crippen LogP contribution in [0.3, 0.4) is 0 Å². The van der Waals surface area contributed by atoms with Gasteiger partial charge in [-0.3, -0.25) is 4.79 Å². The number of hydrogen-bond acceptors (Lipinski definition) is 2. The molecule has 180 valence electrons. The predicted octanol–water partition coefficient (Wildman–Crippen LogP) is 3.53. The number of Topliss-reactive ketones (excluding diaryl/α,β-unsaturated/α-hetero) is 1. The summed E-state index contributed by atoms with van der Waals surface area (Å²) in [4.78, 5) is 13.6. The fraction of sp³-hybridized carbons (Fsp3) is 0.0741. The van der Waals surface area contributed by atoms with Gasteiger partial charge >= 0.3 is 6.36 Å². The van der Waals surface area contributed by atoms with Crippen LogP contribution in [0.4, 0.5) is 13.2 Å². The lowest BCUT2D eigenvalue weighted by Gasteiger charge is -2.28. The molecule has 4 aromatic rings. The van der Waals surface area contributed by atoms with Crippen molar-refractivity contribution in [2.45, 2.75) is 6.36 Å². The van der Waals surface area contributed by atoms with Crippen molar-refractivity contribution in [3.05, 3.63) is 119 Å². The smallest absolute Gasteiger partial charge is 0.573 e. The Balaban J connectivity index is 0.00000342. The summed E-state index contributed by atoms with van der Waals surface area (Å²) in [5.74, 6) is -0.516. The molecule has 0 saturated heterocycles. The van der Waals surface area contributed by atoms with E-state index in [-0.39, 0.29) is 34.7 Å². The van der Waals surface area contributed by atoms with Gasteiger partial charge in [0.1, 0.15) is 35.1 Å². The van der Waals surface area contributed by atoms with E-state index in [4.69, 9.17) is 0 Å². The van der Waals surface area contributed by atoms with Crippen LogP contribution in [0.2, 0.25) is 0 Å². The molecule has 0 N–H and O–H groups in total. The van der Waals surface area contributed by atoms with Crippen molar-refractivity contribution >= 4 is 44.9 Å². The van der Waals surface area contributed by atoms with Crippen molar-refractivity contribution in [1.29, 1.82) is 0 Å². The monoisotopic (exact) mass is 622 g/mol. The van der Waals surface area contributed by atoms with Crippen molar-refractivity contribution < 1.29 is 39.7 Å². The zero-order valence-corrected chi connectivity index (χ0v) is 22.3. The number of ketones is 1. The maximum atomic E-state index is 13.6. The van der Waals surface area contributed by atoms with Crippen LogP contribution in [-0.4, -0.2) is 18.3 Å². The van der Waals surface area contributed by atoms with Gasteiger partial charge in [-0.2, -0.15) is 0 Å². The molecule has 0 aliphatic carbocycles. The minimum Gasteiger partial charge on any atom is -1.00 e. The summed E-state index contributed by atoms with van der Waals surface area (Å²) in [5, 5.41) is 3.11. The standard InChI is InChI=1S/C27H20BrF3O2P.BrH/c28-24-13-7-8-14-26(24)34(22-9-3-1-4-10-22,23-11-5-2-6-12-23)19-25(32)20-15-17-21(18-16-20)33-27(29,30)31;/h1-18H,19H2;1H/q+1;/p-1. The van der Waals surface area contributed by atoms with E-state index >= 15 is 0 Å². The molecule has 0 aliphatic heterocycles.